The molecule has 4 heterocycles. The predicted molar refractivity (Wildman–Crippen MR) is 151 cm³/mol. The fourth-order valence-electron chi connectivity index (χ4n) is 4.43. The van der Waals surface area contributed by atoms with Crippen LogP contribution in [0.25, 0.3) is 11.7 Å². The number of pyridine rings is 1. The minimum atomic E-state index is -0.258. The molecule has 0 bridgehead atoms. The van der Waals surface area contributed by atoms with E-state index in [-0.39, 0.29) is 24.8 Å². The molecule has 0 spiro atoms. The summed E-state index contributed by atoms with van der Waals surface area (Å²) in [5.41, 5.74) is 2.54. The first-order chi connectivity index (χ1) is 18.5. The van der Waals surface area contributed by atoms with E-state index in [4.69, 9.17) is 26.7 Å². The van der Waals surface area contributed by atoms with Crippen LogP contribution in [0.5, 0.6) is 11.5 Å². The lowest BCUT2D eigenvalue weighted by molar-refractivity contribution is -0.122. The molecular formula is C28H22N4O4S2. The molecule has 6 rings (SSSR count). The molecule has 0 aliphatic carbocycles. The van der Waals surface area contributed by atoms with Crippen molar-refractivity contribution in [3.8, 4) is 11.5 Å². The molecule has 1 amide bonds. The van der Waals surface area contributed by atoms with Gasteiger partial charge in [-0.05, 0) is 41.5 Å². The summed E-state index contributed by atoms with van der Waals surface area (Å²) in [6.07, 6.45) is 3.29. The quantitative estimate of drug-likeness (QED) is 0.261. The third-order valence-electron chi connectivity index (χ3n) is 6.30. The van der Waals surface area contributed by atoms with Crippen LogP contribution in [0.3, 0.4) is 0 Å². The Morgan fingerprint density at radius 1 is 1.03 bits per heavy atom. The monoisotopic (exact) mass is 542 g/mol. The maximum Gasteiger partial charge on any atom is 0.267 e. The Bertz CT molecular complexity index is 1670. The molecule has 0 saturated carbocycles. The lowest BCUT2D eigenvalue weighted by Crippen LogP contribution is -2.28. The van der Waals surface area contributed by atoms with Crippen LogP contribution in [0.15, 0.2) is 82.6 Å². The van der Waals surface area contributed by atoms with E-state index in [1.54, 1.807) is 24.4 Å². The second-order valence-corrected chi connectivity index (χ2v) is 10.6. The Morgan fingerprint density at radius 3 is 2.66 bits per heavy atom. The van der Waals surface area contributed by atoms with Gasteiger partial charge in [0, 0.05) is 19.8 Å². The van der Waals surface area contributed by atoms with E-state index in [9.17, 15) is 9.59 Å². The first-order valence-corrected chi connectivity index (χ1v) is 13.1. The van der Waals surface area contributed by atoms with Gasteiger partial charge >= 0.3 is 0 Å². The first-order valence-electron chi connectivity index (χ1n) is 11.9. The molecule has 10 heteroatoms. The average molecular weight is 543 g/mol. The van der Waals surface area contributed by atoms with E-state index >= 15 is 0 Å². The Balaban J connectivity index is 1.36. The van der Waals surface area contributed by atoms with Gasteiger partial charge in [0.05, 0.1) is 17.0 Å². The van der Waals surface area contributed by atoms with Crippen LogP contribution in [-0.2, 0) is 17.9 Å². The van der Waals surface area contributed by atoms with Crippen molar-refractivity contribution in [2.45, 2.75) is 13.1 Å². The van der Waals surface area contributed by atoms with E-state index in [1.807, 2.05) is 66.5 Å². The highest BCUT2D eigenvalue weighted by Crippen LogP contribution is 2.37. The number of nitrogens with zero attached hydrogens (tertiary/aromatic N) is 4. The fourth-order valence-corrected chi connectivity index (χ4v) is 5.67. The SMILES string of the molecule is CN(Cc1ccccc1)c1nc2ccccn2c(=O)c1C=C1SC(=S)N(Cc2ccc3c(c2)OCO3)C1=O. The molecule has 2 aromatic carbocycles. The molecule has 1 saturated heterocycles. The number of ether oxygens (including phenoxy) is 2. The van der Waals surface area contributed by atoms with Crippen molar-refractivity contribution in [3.05, 3.63) is 105 Å². The molecule has 0 unspecified atom stereocenters. The average Bonchev–Trinajstić information content (AvgIpc) is 3.50. The maximum absolute atomic E-state index is 13.6. The van der Waals surface area contributed by atoms with Crippen molar-refractivity contribution in [3.63, 3.8) is 0 Å². The highest BCUT2D eigenvalue weighted by atomic mass is 32.2. The molecule has 2 aromatic heterocycles. The number of fused-ring (bicyclic) bond motifs is 2. The molecule has 8 nitrogen and oxygen atoms in total. The third kappa shape index (κ3) is 4.52. The molecule has 38 heavy (non-hydrogen) atoms. The van der Waals surface area contributed by atoms with Crippen molar-refractivity contribution in [1.29, 1.82) is 0 Å². The smallest absolute Gasteiger partial charge is 0.267 e. The Labute approximate surface area is 228 Å². The molecule has 0 N–H and O–H groups in total. The zero-order valence-corrected chi connectivity index (χ0v) is 22.0. The van der Waals surface area contributed by atoms with Gasteiger partial charge in [-0.3, -0.25) is 18.9 Å². The number of rotatable bonds is 6. The largest absolute Gasteiger partial charge is 0.454 e. The van der Waals surface area contributed by atoms with Gasteiger partial charge in [-0.2, -0.15) is 0 Å². The summed E-state index contributed by atoms with van der Waals surface area (Å²) in [6.45, 7) is 1.01. The number of aromatic nitrogens is 2. The molecular weight excluding hydrogens is 520 g/mol. The van der Waals surface area contributed by atoms with Crippen molar-refractivity contribution < 1.29 is 14.3 Å². The molecule has 0 atom stereocenters. The van der Waals surface area contributed by atoms with Gasteiger partial charge in [-0.15, -0.1) is 0 Å². The third-order valence-corrected chi connectivity index (χ3v) is 7.68. The van der Waals surface area contributed by atoms with E-state index in [1.165, 1.54) is 21.1 Å². The molecule has 2 aliphatic heterocycles. The minimum Gasteiger partial charge on any atom is -0.454 e. The Morgan fingerprint density at radius 2 is 1.82 bits per heavy atom. The summed E-state index contributed by atoms with van der Waals surface area (Å²) in [5.74, 6) is 1.55. The van der Waals surface area contributed by atoms with Crippen LogP contribution < -0.4 is 19.9 Å². The summed E-state index contributed by atoms with van der Waals surface area (Å²) < 4.78 is 12.7. The lowest BCUT2D eigenvalue weighted by atomic mass is 10.2. The van der Waals surface area contributed by atoms with E-state index in [2.05, 4.69) is 0 Å². The predicted octanol–water partition coefficient (Wildman–Crippen LogP) is 4.46. The fraction of sp³-hybridized carbons (Fsp3) is 0.143. The number of thioether (sulfide) groups is 1. The van der Waals surface area contributed by atoms with Crippen molar-refractivity contribution in [2.75, 3.05) is 18.7 Å². The zero-order valence-electron chi connectivity index (χ0n) is 20.4. The van der Waals surface area contributed by atoms with Gasteiger partial charge in [0.25, 0.3) is 11.5 Å². The second-order valence-electron chi connectivity index (χ2n) is 8.88. The van der Waals surface area contributed by atoms with Gasteiger partial charge in [-0.25, -0.2) is 4.98 Å². The molecule has 190 valence electrons. The minimum absolute atomic E-state index is 0.180. The summed E-state index contributed by atoms with van der Waals surface area (Å²) in [5, 5.41) is 0. The highest BCUT2D eigenvalue weighted by Gasteiger charge is 2.33. The summed E-state index contributed by atoms with van der Waals surface area (Å²) in [6, 6.07) is 20.9. The second kappa shape index (κ2) is 9.96. The number of hydrogen-bond donors (Lipinski definition) is 0. The molecule has 0 radical (unpaired) electrons. The van der Waals surface area contributed by atoms with Crippen LogP contribution in [-0.4, -0.2) is 38.4 Å². The number of hydrogen-bond acceptors (Lipinski definition) is 8. The van der Waals surface area contributed by atoms with Gasteiger partial charge in [0.2, 0.25) is 6.79 Å². The van der Waals surface area contributed by atoms with Gasteiger partial charge in [0.15, 0.2) is 11.5 Å². The number of benzene rings is 2. The van der Waals surface area contributed by atoms with Crippen LogP contribution in [0.4, 0.5) is 5.82 Å². The van der Waals surface area contributed by atoms with Gasteiger partial charge < -0.3 is 14.4 Å². The maximum atomic E-state index is 13.6. The number of thiocarbonyl (C=S) groups is 1. The van der Waals surface area contributed by atoms with Crippen LogP contribution in [0, 0.1) is 0 Å². The first kappa shape index (κ1) is 24.2. The number of carbonyl (C=O) groups excluding carboxylic acids is 1. The normalized spacial score (nSPS) is 15.6. The number of anilines is 1. The summed E-state index contributed by atoms with van der Waals surface area (Å²) in [4.78, 5) is 35.7. The summed E-state index contributed by atoms with van der Waals surface area (Å²) >= 11 is 6.73. The molecule has 2 aliphatic rings. The van der Waals surface area contributed by atoms with Crippen LogP contribution >= 0.6 is 24.0 Å². The van der Waals surface area contributed by atoms with E-state index in [0.29, 0.717) is 44.3 Å². The van der Waals surface area contributed by atoms with Crippen molar-refractivity contribution >= 4 is 51.7 Å². The highest BCUT2D eigenvalue weighted by molar-refractivity contribution is 8.26. The topological polar surface area (TPSA) is 76.4 Å². The standard InChI is InChI=1S/C28H22N4O4S2/c1-30(15-18-7-3-2-4-8-18)25-20(26(33)31-12-6-5-9-24(31)29-25)14-23-27(34)32(28(37)38-23)16-19-10-11-21-22(13-19)36-17-35-21/h2-14H,15-17H2,1H3. The van der Waals surface area contributed by atoms with Crippen molar-refractivity contribution in [2.24, 2.45) is 0 Å². The van der Waals surface area contributed by atoms with Crippen LogP contribution in [0.2, 0.25) is 0 Å². The Hall–Kier alpha value is -4.15. The number of amides is 1. The zero-order chi connectivity index (χ0) is 26.2. The Kier molecular flexibility index (Phi) is 6.34. The molecule has 1 fully saturated rings. The lowest BCUT2D eigenvalue weighted by Gasteiger charge is -2.21. The molecule has 4 aromatic rings. The van der Waals surface area contributed by atoms with Crippen LogP contribution in [0.1, 0.15) is 16.7 Å². The van der Waals surface area contributed by atoms with Gasteiger partial charge in [-0.1, -0.05) is 66.4 Å². The van der Waals surface area contributed by atoms with E-state index < -0.39 is 0 Å². The number of carbonyl (C=O) groups is 1. The summed E-state index contributed by atoms with van der Waals surface area (Å²) in [7, 11) is 1.89. The van der Waals surface area contributed by atoms with Crippen molar-refractivity contribution in [1.82, 2.24) is 14.3 Å². The van der Waals surface area contributed by atoms with Gasteiger partial charge in [0.1, 0.15) is 15.8 Å². The van der Waals surface area contributed by atoms with E-state index in [0.717, 1.165) is 11.1 Å².